The van der Waals surface area contributed by atoms with E-state index in [1.54, 1.807) is 0 Å². The van der Waals surface area contributed by atoms with Gasteiger partial charge in [-0.15, -0.1) is 0 Å². The number of aliphatic hydroxyl groups excluding tert-OH is 1. The van der Waals surface area contributed by atoms with E-state index in [0.717, 1.165) is 0 Å². The molecule has 0 saturated carbocycles. The molecule has 5 nitrogen and oxygen atoms in total. The lowest BCUT2D eigenvalue weighted by Gasteiger charge is -2.19. The van der Waals surface area contributed by atoms with Crippen LogP contribution in [0, 0.1) is 0 Å². The number of aromatic nitrogens is 1. The summed E-state index contributed by atoms with van der Waals surface area (Å²) >= 11 is 0. The summed E-state index contributed by atoms with van der Waals surface area (Å²) in [7, 11) is 0. The predicted octanol–water partition coefficient (Wildman–Crippen LogP) is 0.242. The third-order valence-corrected chi connectivity index (χ3v) is 2.01. The molecule has 1 aromatic rings. The Morgan fingerprint density at radius 3 is 2.80 bits per heavy atom. The number of carbonyl (C=O) groups excluding carboxylic acids is 1. The van der Waals surface area contributed by atoms with Gasteiger partial charge < -0.3 is 15.1 Å². The van der Waals surface area contributed by atoms with Crippen molar-refractivity contribution in [3.8, 4) is 5.75 Å². The van der Waals surface area contributed by atoms with Gasteiger partial charge in [-0.3, -0.25) is 9.78 Å². The largest absolute Gasteiger partial charge is 0.506 e. The van der Waals surface area contributed by atoms with Gasteiger partial charge in [-0.2, -0.15) is 0 Å². The molecule has 1 amide bonds. The van der Waals surface area contributed by atoms with Crippen LogP contribution in [0.4, 0.5) is 0 Å². The van der Waals surface area contributed by atoms with E-state index in [9.17, 15) is 4.79 Å². The van der Waals surface area contributed by atoms with Crippen LogP contribution in [-0.4, -0.2) is 45.7 Å². The van der Waals surface area contributed by atoms with E-state index in [2.05, 4.69) is 4.98 Å². The van der Waals surface area contributed by atoms with Crippen molar-refractivity contribution in [1.29, 1.82) is 0 Å². The Bertz CT molecular complexity index is 341. The van der Waals surface area contributed by atoms with Crippen LogP contribution >= 0.6 is 0 Å². The van der Waals surface area contributed by atoms with Crippen LogP contribution < -0.4 is 0 Å². The van der Waals surface area contributed by atoms with Gasteiger partial charge in [-0.05, 0) is 13.0 Å². The first-order valence-corrected chi connectivity index (χ1v) is 4.73. The molecular weight excluding hydrogens is 196 g/mol. The fraction of sp³-hybridized carbons (Fsp3) is 0.400. The summed E-state index contributed by atoms with van der Waals surface area (Å²) in [6.45, 7) is 2.54. The highest BCUT2D eigenvalue weighted by atomic mass is 16.3. The highest BCUT2D eigenvalue weighted by molar-refractivity contribution is 5.94. The minimum absolute atomic E-state index is 0.0408. The summed E-state index contributed by atoms with van der Waals surface area (Å²) in [5, 5.41) is 17.9. The lowest BCUT2D eigenvalue weighted by Crippen LogP contribution is -2.33. The minimum Gasteiger partial charge on any atom is -0.506 e. The number of likely N-dealkylation sites (N-methyl/N-ethyl adjacent to an activating group) is 1. The molecule has 2 N–H and O–H groups in total. The molecule has 0 aromatic carbocycles. The SMILES string of the molecule is CCN(CCO)C(=O)c1cncc(O)c1. The van der Waals surface area contributed by atoms with E-state index in [-0.39, 0.29) is 24.8 Å². The molecule has 0 spiro atoms. The van der Waals surface area contributed by atoms with E-state index in [4.69, 9.17) is 10.2 Å². The third-order valence-electron chi connectivity index (χ3n) is 2.01. The molecule has 0 radical (unpaired) electrons. The Morgan fingerprint density at radius 1 is 1.53 bits per heavy atom. The van der Waals surface area contributed by atoms with Crippen LogP contribution in [0.3, 0.4) is 0 Å². The zero-order chi connectivity index (χ0) is 11.3. The van der Waals surface area contributed by atoms with Crippen LogP contribution in [0.5, 0.6) is 5.75 Å². The molecular formula is C10H14N2O3. The van der Waals surface area contributed by atoms with Gasteiger partial charge in [0, 0.05) is 19.3 Å². The number of aromatic hydroxyl groups is 1. The number of carbonyl (C=O) groups is 1. The van der Waals surface area contributed by atoms with E-state index >= 15 is 0 Å². The summed E-state index contributed by atoms with van der Waals surface area (Å²) in [6.07, 6.45) is 2.65. The minimum atomic E-state index is -0.241. The van der Waals surface area contributed by atoms with Crippen molar-refractivity contribution in [1.82, 2.24) is 9.88 Å². The second kappa shape index (κ2) is 5.31. The molecule has 1 rings (SSSR count). The lowest BCUT2D eigenvalue weighted by atomic mass is 10.2. The molecule has 0 bridgehead atoms. The van der Waals surface area contributed by atoms with Gasteiger partial charge >= 0.3 is 0 Å². The van der Waals surface area contributed by atoms with Gasteiger partial charge in [0.25, 0.3) is 5.91 Å². The van der Waals surface area contributed by atoms with Crippen molar-refractivity contribution in [2.24, 2.45) is 0 Å². The normalized spacial score (nSPS) is 10.0. The highest BCUT2D eigenvalue weighted by Crippen LogP contribution is 2.10. The van der Waals surface area contributed by atoms with E-state index in [1.807, 2.05) is 6.92 Å². The summed E-state index contributed by atoms with van der Waals surface area (Å²) < 4.78 is 0. The Balaban J connectivity index is 2.82. The molecule has 0 atom stereocenters. The molecule has 82 valence electrons. The lowest BCUT2D eigenvalue weighted by molar-refractivity contribution is 0.0731. The number of hydrogen-bond donors (Lipinski definition) is 2. The van der Waals surface area contributed by atoms with Crippen molar-refractivity contribution in [3.05, 3.63) is 24.0 Å². The Kier molecular flexibility index (Phi) is 4.05. The first kappa shape index (κ1) is 11.5. The fourth-order valence-corrected chi connectivity index (χ4v) is 1.25. The zero-order valence-electron chi connectivity index (χ0n) is 8.55. The second-order valence-electron chi connectivity index (χ2n) is 3.04. The number of rotatable bonds is 4. The number of pyridine rings is 1. The van der Waals surface area contributed by atoms with Gasteiger partial charge in [0.15, 0.2) is 0 Å². The first-order chi connectivity index (χ1) is 7.19. The van der Waals surface area contributed by atoms with Crippen LogP contribution in [0.25, 0.3) is 0 Å². The predicted molar refractivity (Wildman–Crippen MR) is 54.6 cm³/mol. The molecule has 0 aliphatic rings. The van der Waals surface area contributed by atoms with Gasteiger partial charge in [-0.1, -0.05) is 0 Å². The second-order valence-corrected chi connectivity index (χ2v) is 3.04. The maximum absolute atomic E-state index is 11.8. The van der Waals surface area contributed by atoms with Crippen molar-refractivity contribution < 1.29 is 15.0 Å². The van der Waals surface area contributed by atoms with Gasteiger partial charge in [0.2, 0.25) is 0 Å². The Morgan fingerprint density at radius 2 is 2.27 bits per heavy atom. The van der Waals surface area contributed by atoms with Crippen molar-refractivity contribution in [2.75, 3.05) is 19.7 Å². The molecule has 0 fully saturated rings. The van der Waals surface area contributed by atoms with Crippen molar-refractivity contribution in [3.63, 3.8) is 0 Å². The maximum atomic E-state index is 11.8. The Hall–Kier alpha value is -1.62. The maximum Gasteiger partial charge on any atom is 0.255 e. The molecule has 1 heterocycles. The van der Waals surface area contributed by atoms with E-state index in [1.165, 1.54) is 23.4 Å². The molecule has 0 saturated heterocycles. The van der Waals surface area contributed by atoms with Crippen LogP contribution in [-0.2, 0) is 0 Å². The Labute approximate surface area is 88.0 Å². The highest BCUT2D eigenvalue weighted by Gasteiger charge is 2.13. The summed E-state index contributed by atoms with van der Waals surface area (Å²) in [4.78, 5) is 17.0. The molecule has 1 aromatic heterocycles. The quantitative estimate of drug-likeness (QED) is 0.746. The standard InChI is InChI=1S/C10H14N2O3/c1-2-12(3-4-13)10(15)8-5-9(14)7-11-6-8/h5-7,13-14H,2-4H2,1H3. The average Bonchev–Trinajstić information content (AvgIpc) is 2.25. The van der Waals surface area contributed by atoms with E-state index < -0.39 is 0 Å². The number of amides is 1. The number of aliphatic hydroxyl groups is 1. The molecule has 0 aliphatic carbocycles. The number of hydrogen-bond acceptors (Lipinski definition) is 4. The summed E-state index contributed by atoms with van der Waals surface area (Å²) in [5.41, 5.74) is 0.324. The van der Waals surface area contributed by atoms with Crippen molar-refractivity contribution >= 4 is 5.91 Å². The van der Waals surface area contributed by atoms with Gasteiger partial charge in [0.05, 0.1) is 18.4 Å². The average molecular weight is 210 g/mol. The molecule has 0 aliphatic heterocycles. The molecule has 0 unspecified atom stereocenters. The van der Waals surface area contributed by atoms with Crippen LogP contribution in [0.1, 0.15) is 17.3 Å². The molecule has 15 heavy (non-hydrogen) atoms. The zero-order valence-corrected chi connectivity index (χ0v) is 8.55. The van der Waals surface area contributed by atoms with E-state index in [0.29, 0.717) is 12.1 Å². The fourth-order valence-electron chi connectivity index (χ4n) is 1.25. The van der Waals surface area contributed by atoms with Gasteiger partial charge in [-0.25, -0.2) is 0 Å². The first-order valence-electron chi connectivity index (χ1n) is 4.73. The van der Waals surface area contributed by atoms with Crippen molar-refractivity contribution in [2.45, 2.75) is 6.92 Å². The van der Waals surface area contributed by atoms with Crippen LogP contribution in [0.2, 0.25) is 0 Å². The third kappa shape index (κ3) is 2.92. The molecule has 5 heteroatoms. The monoisotopic (exact) mass is 210 g/mol. The summed E-state index contributed by atoms with van der Waals surface area (Å²) in [6, 6.07) is 1.36. The topological polar surface area (TPSA) is 73.7 Å². The van der Waals surface area contributed by atoms with Gasteiger partial charge in [0.1, 0.15) is 5.75 Å². The smallest absolute Gasteiger partial charge is 0.255 e. The summed E-state index contributed by atoms with van der Waals surface area (Å²) in [5.74, 6) is -0.282. The van der Waals surface area contributed by atoms with Crippen LogP contribution in [0.15, 0.2) is 18.5 Å². The number of nitrogens with zero attached hydrogens (tertiary/aromatic N) is 2.